The maximum atomic E-state index is 13.0. The summed E-state index contributed by atoms with van der Waals surface area (Å²) in [4.78, 5) is 15.8. The van der Waals surface area contributed by atoms with Crippen molar-refractivity contribution in [1.82, 2.24) is 30.3 Å². The number of alkyl halides is 3. The zero-order valence-electron chi connectivity index (χ0n) is 20.9. The Kier molecular flexibility index (Phi) is 6.61. The van der Waals surface area contributed by atoms with E-state index >= 15 is 0 Å². The Balaban J connectivity index is 1.66. The molecule has 4 rings (SSSR count). The second-order valence-corrected chi connectivity index (χ2v) is 10.3. The lowest BCUT2D eigenvalue weighted by molar-refractivity contribution is -0.189. The van der Waals surface area contributed by atoms with Gasteiger partial charge < -0.3 is 19.9 Å². The Labute approximate surface area is 210 Å². The van der Waals surface area contributed by atoms with E-state index in [0.717, 1.165) is 6.07 Å². The molecule has 1 fully saturated rings. The molecule has 1 aromatic carbocycles. The van der Waals surface area contributed by atoms with Crippen LogP contribution in [0.5, 0.6) is 17.5 Å². The van der Waals surface area contributed by atoms with E-state index in [9.17, 15) is 23.1 Å². The third kappa shape index (κ3) is 6.16. The van der Waals surface area contributed by atoms with Gasteiger partial charge in [0.1, 0.15) is 23.3 Å². The average molecular weight is 521 g/mol. The highest BCUT2D eigenvalue weighted by Gasteiger charge is 2.42. The highest BCUT2D eigenvalue weighted by Crippen LogP contribution is 2.41. The molecule has 0 saturated carbocycles. The molecular formula is C24H27F3N6O4. The van der Waals surface area contributed by atoms with Crippen LogP contribution in [-0.4, -0.2) is 59.4 Å². The molecule has 37 heavy (non-hydrogen) atoms. The second kappa shape index (κ2) is 9.29. The lowest BCUT2D eigenvalue weighted by Gasteiger charge is -2.45. The van der Waals surface area contributed by atoms with Crippen molar-refractivity contribution in [2.45, 2.75) is 63.9 Å². The topological polar surface area (TPSA) is 124 Å². The molecule has 1 aliphatic heterocycles. The van der Waals surface area contributed by atoms with Gasteiger partial charge in [-0.05, 0) is 45.9 Å². The first kappa shape index (κ1) is 26.3. The molecule has 13 heteroatoms. The number of nitrogens with zero attached hydrogens (tertiary/aromatic N) is 5. The third-order valence-electron chi connectivity index (χ3n) is 5.75. The molecule has 0 atom stereocenters. The molecule has 0 unspecified atom stereocenters. The molecule has 0 bridgehead atoms. The molecule has 1 aliphatic rings. The van der Waals surface area contributed by atoms with E-state index in [2.05, 4.69) is 58.0 Å². The van der Waals surface area contributed by atoms with Crippen LogP contribution in [0.25, 0.3) is 22.5 Å². The van der Waals surface area contributed by atoms with Gasteiger partial charge in [0.25, 0.3) is 0 Å². The van der Waals surface area contributed by atoms with Crippen LogP contribution in [0.3, 0.4) is 0 Å². The van der Waals surface area contributed by atoms with E-state index in [1.165, 1.54) is 16.9 Å². The first-order chi connectivity index (χ1) is 17.1. The molecular weight excluding hydrogens is 493 g/mol. The second-order valence-electron chi connectivity index (χ2n) is 10.3. The zero-order chi connectivity index (χ0) is 27.2. The van der Waals surface area contributed by atoms with Crippen LogP contribution in [0, 0.1) is 0 Å². The Morgan fingerprint density at radius 1 is 1.14 bits per heavy atom. The van der Waals surface area contributed by atoms with Crippen molar-refractivity contribution in [2.24, 2.45) is 7.05 Å². The summed E-state index contributed by atoms with van der Waals surface area (Å²) < 4.78 is 50.9. The van der Waals surface area contributed by atoms with Gasteiger partial charge in [-0.15, -0.1) is 5.10 Å². The van der Waals surface area contributed by atoms with Crippen molar-refractivity contribution < 1.29 is 32.5 Å². The van der Waals surface area contributed by atoms with Gasteiger partial charge in [-0.25, -0.2) is 9.78 Å². The van der Waals surface area contributed by atoms with E-state index in [1.54, 1.807) is 19.3 Å². The maximum Gasteiger partial charge on any atom is 0.491 e. The van der Waals surface area contributed by atoms with Crippen molar-refractivity contribution >= 4 is 5.97 Å². The van der Waals surface area contributed by atoms with E-state index in [-0.39, 0.29) is 40.0 Å². The number of aromatic nitrogens is 5. The van der Waals surface area contributed by atoms with Gasteiger partial charge in [-0.2, -0.15) is 18.3 Å². The normalized spacial score (nSPS) is 17.4. The number of halogens is 3. The minimum Gasteiger partial charge on any atom is -0.507 e. The van der Waals surface area contributed by atoms with Gasteiger partial charge in [0, 0.05) is 42.7 Å². The van der Waals surface area contributed by atoms with Gasteiger partial charge in [-0.3, -0.25) is 4.68 Å². The first-order valence-electron chi connectivity index (χ1n) is 11.4. The van der Waals surface area contributed by atoms with Crippen molar-refractivity contribution in [3.05, 3.63) is 30.6 Å². The van der Waals surface area contributed by atoms with E-state index in [1.807, 2.05) is 0 Å². The SMILES string of the molecule is Cn1ccc(-c2cc(O)c(-c3cnc(OC4CC(C)(C)NC(C)(C)C4)nn3)c(OC(=O)C(F)(F)F)c2)n1. The predicted molar refractivity (Wildman–Crippen MR) is 126 cm³/mol. The summed E-state index contributed by atoms with van der Waals surface area (Å²) >= 11 is 0. The molecule has 3 heterocycles. The number of hydrogen-bond acceptors (Lipinski definition) is 9. The number of rotatable bonds is 5. The fourth-order valence-corrected chi connectivity index (χ4v) is 4.71. The van der Waals surface area contributed by atoms with Gasteiger partial charge in [0.2, 0.25) is 0 Å². The minimum absolute atomic E-state index is 0.0271. The molecule has 0 spiro atoms. The maximum absolute atomic E-state index is 13.0. The fraction of sp³-hybridized carbons (Fsp3) is 0.458. The van der Waals surface area contributed by atoms with Crippen LogP contribution in [0.1, 0.15) is 40.5 Å². The number of phenols is 1. The molecule has 0 amide bonds. The van der Waals surface area contributed by atoms with Crippen molar-refractivity contribution in [3.63, 3.8) is 0 Å². The van der Waals surface area contributed by atoms with E-state index < -0.39 is 23.6 Å². The summed E-state index contributed by atoms with van der Waals surface area (Å²) in [6.45, 7) is 8.25. The largest absolute Gasteiger partial charge is 0.507 e. The summed E-state index contributed by atoms with van der Waals surface area (Å²) in [5, 5.41) is 26.3. The van der Waals surface area contributed by atoms with Crippen LogP contribution in [0.15, 0.2) is 30.6 Å². The number of esters is 1. The Hall–Kier alpha value is -3.74. The summed E-state index contributed by atoms with van der Waals surface area (Å²) in [6.07, 6.45) is -1.29. The minimum atomic E-state index is -5.26. The van der Waals surface area contributed by atoms with Crippen molar-refractivity contribution in [1.29, 1.82) is 0 Å². The lowest BCUT2D eigenvalue weighted by Crippen LogP contribution is -2.60. The highest BCUT2D eigenvalue weighted by molar-refractivity contribution is 5.85. The Bertz CT molecular complexity index is 1290. The highest BCUT2D eigenvalue weighted by atomic mass is 19.4. The number of nitrogens with one attached hydrogen (secondary N) is 1. The number of aryl methyl sites for hydroxylation is 1. The number of carbonyl (C=O) groups excluding carboxylic acids is 1. The summed E-state index contributed by atoms with van der Waals surface area (Å²) in [5.41, 5.74) is -0.198. The lowest BCUT2D eigenvalue weighted by atomic mass is 9.81. The number of ether oxygens (including phenoxy) is 2. The van der Waals surface area contributed by atoms with Crippen LogP contribution in [0.4, 0.5) is 13.2 Å². The number of hydrogen-bond donors (Lipinski definition) is 2. The van der Waals surface area contributed by atoms with Gasteiger partial charge in [0.15, 0.2) is 0 Å². The van der Waals surface area contributed by atoms with Gasteiger partial charge in [-0.1, -0.05) is 5.10 Å². The van der Waals surface area contributed by atoms with Crippen molar-refractivity contribution in [2.75, 3.05) is 0 Å². The van der Waals surface area contributed by atoms with Crippen LogP contribution < -0.4 is 14.8 Å². The van der Waals surface area contributed by atoms with E-state index in [4.69, 9.17) is 4.74 Å². The molecule has 0 radical (unpaired) electrons. The third-order valence-corrected chi connectivity index (χ3v) is 5.75. The molecule has 2 N–H and O–H groups in total. The van der Waals surface area contributed by atoms with E-state index in [0.29, 0.717) is 18.5 Å². The number of piperidine rings is 1. The van der Waals surface area contributed by atoms with Gasteiger partial charge >= 0.3 is 18.2 Å². The Morgan fingerprint density at radius 2 is 1.81 bits per heavy atom. The number of aromatic hydroxyl groups is 1. The van der Waals surface area contributed by atoms with Crippen LogP contribution in [0.2, 0.25) is 0 Å². The Morgan fingerprint density at radius 3 is 2.35 bits per heavy atom. The molecule has 10 nitrogen and oxygen atoms in total. The van der Waals surface area contributed by atoms with Gasteiger partial charge in [0.05, 0.1) is 17.5 Å². The predicted octanol–water partition coefficient (Wildman–Crippen LogP) is 3.80. The average Bonchev–Trinajstić information content (AvgIpc) is 3.18. The smallest absolute Gasteiger partial charge is 0.491 e. The molecule has 3 aromatic rings. The standard InChI is InChI=1S/C24H27F3N6O4/c1-22(2)10-14(11-23(3,4)32-22)36-21-28-12-16(29-30-21)19-17(34)8-13(15-6-7-33(5)31-15)9-18(19)37-20(35)24(25,26)27/h6-9,12,14,32,34H,10-11H2,1-5H3. The summed E-state index contributed by atoms with van der Waals surface area (Å²) in [7, 11) is 1.65. The molecule has 1 saturated heterocycles. The monoisotopic (exact) mass is 520 g/mol. The quantitative estimate of drug-likeness (QED) is 0.382. The number of benzene rings is 1. The molecule has 0 aliphatic carbocycles. The molecule has 2 aromatic heterocycles. The number of carbonyl (C=O) groups is 1. The summed E-state index contributed by atoms with van der Waals surface area (Å²) in [5.74, 6) is -3.53. The van der Waals surface area contributed by atoms with Crippen molar-refractivity contribution in [3.8, 4) is 40.0 Å². The van der Waals surface area contributed by atoms with Crippen LogP contribution >= 0.6 is 0 Å². The fourth-order valence-electron chi connectivity index (χ4n) is 4.71. The first-order valence-corrected chi connectivity index (χ1v) is 11.4. The summed E-state index contributed by atoms with van der Waals surface area (Å²) in [6, 6.07) is 3.99. The molecule has 198 valence electrons. The van der Waals surface area contributed by atoms with Crippen LogP contribution in [-0.2, 0) is 11.8 Å². The number of phenolic OH excluding ortho intramolecular Hbond substituents is 1. The zero-order valence-corrected chi connectivity index (χ0v) is 20.9.